The first kappa shape index (κ1) is 31.2. The quantitative estimate of drug-likeness (QED) is 0.182. The van der Waals surface area contributed by atoms with Crippen molar-refractivity contribution in [1.82, 2.24) is 19.9 Å². The average molecular weight is 642 g/mol. The summed E-state index contributed by atoms with van der Waals surface area (Å²) < 4.78 is 0. The Morgan fingerprint density at radius 3 is 2.37 bits per heavy atom. The number of hydrogen-bond acceptors (Lipinski definition) is 5. The summed E-state index contributed by atoms with van der Waals surface area (Å²) in [4.78, 5) is 18.4. The van der Waals surface area contributed by atoms with Gasteiger partial charge in [-0.25, -0.2) is 9.97 Å². The molecule has 3 heterocycles. The van der Waals surface area contributed by atoms with Gasteiger partial charge in [-0.3, -0.25) is 9.88 Å². The van der Waals surface area contributed by atoms with E-state index in [9.17, 15) is 0 Å². The minimum atomic E-state index is 0.918. The third kappa shape index (κ3) is 7.04. The van der Waals surface area contributed by atoms with Crippen molar-refractivity contribution in [3.05, 3.63) is 161 Å². The second kappa shape index (κ2) is 14.6. The van der Waals surface area contributed by atoms with Gasteiger partial charge in [-0.15, -0.1) is 0 Å². The molecule has 5 nitrogen and oxygen atoms in total. The Balaban J connectivity index is 0.000000225. The molecule has 0 radical (unpaired) electrons. The van der Waals surface area contributed by atoms with Crippen molar-refractivity contribution >= 4 is 33.1 Å². The van der Waals surface area contributed by atoms with Crippen molar-refractivity contribution in [2.24, 2.45) is 0 Å². The number of anilines is 1. The third-order valence-corrected chi connectivity index (χ3v) is 10.3. The van der Waals surface area contributed by atoms with E-state index in [1.807, 2.05) is 36.5 Å². The Morgan fingerprint density at radius 1 is 0.653 bits per heavy atom. The van der Waals surface area contributed by atoms with Crippen LogP contribution in [0.5, 0.6) is 0 Å². The van der Waals surface area contributed by atoms with Crippen LogP contribution >= 0.6 is 0 Å². The second-order valence-corrected chi connectivity index (χ2v) is 13.4. The fourth-order valence-electron chi connectivity index (χ4n) is 7.65. The fraction of sp³-hybridized carbons (Fsp3) is 0.250. The molecule has 5 heteroatoms. The SMILES string of the molecule is C1=CC2=C(CC1)CCc1c2ccc2ccc(CCN3CCN(c4ncnc5ccccc45)CC3)cc12.c1ccc(Cc2ccccn2)cc1. The van der Waals surface area contributed by atoms with E-state index in [1.165, 1.54) is 58.7 Å². The van der Waals surface area contributed by atoms with Gasteiger partial charge in [0.15, 0.2) is 0 Å². The van der Waals surface area contributed by atoms with Crippen molar-refractivity contribution in [1.29, 1.82) is 0 Å². The molecule has 0 N–H and O–H groups in total. The van der Waals surface area contributed by atoms with Gasteiger partial charge in [0.2, 0.25) is 0 Å². The van der Waals surface area contributed by atoms with Crippen LogP contribution in [0, 0.1) is 0 Å². The highest BCUT2D eigenvalue weighted by Gasteiger charge is 2.22. The molecule has 4 aromatic carbocycles. The number of aromatic nitrogens is 3. The van der Waals surface area contributed by atoms with E-state index in [2.05, 4.69) is 110 Å². The molecule has 1 saturated heterocycles. The highest BCUT2D eigenvalue weighted by molar-refractivity contribution is 5.94. The minimum absolute atomic E-state index is 0.918. The zero-order chi connectivity index (χ0) is 32.8. The van der Waals surface area contributed by atoms with Gasteiger partial charge in [-0.05, 0) is 95.0 Å². The summed E-state index contributed by atoms with van der Waals surface area (Å²) in [6, 6.07) is 36.6. The van der Waals surface area contributed by atoms with Gasteiger partial charge in [0.1, 0.15) is 12.1 Å². The molecule has 0 amide bonds. The summed E-state index contributed by atoms with van der Waals surface area (Å²) in [5.74, 6) is 1.07. The lowest BCUT2D eigenvalue weighted by atomic mass is 9.79. The average Bonchev–Trinajstić information content (AvgIpc) is 3.18. The van der Waals surface area contributed by atoms with Gasteiger partial charge in [0.25, 0.3) is 0 Å². The van der Waals surface area contributed by atoms with Crippen LogP contribution in [-0.2, 0) is 19.3 Å². The molecule has 6 aromatic rings. The number of hydrogen-bond donors (Lipinski definition) is 0. The van der Waals surface area contributed by atoms with Crippen LogP contribution in [-0.4, -0.2) is 52.6 Å². The number of nitrogens with zero attached hydrogens (tertiary/aromatic N) is 5. The minimum Gasteiger partial charge on any atom is -0.353 e. The van der Waals surface area contributed by atoms with E-state index in [0.717, 1.165) is 68.0 Å². The Bertz CT molecular complexity index is 2070. The normalized spacial score (nSPS) is 15.9. The van der Waals surface area contributed by atoms with Crippen molar-refractivity contribution in [3.63, 3.8) is 0 Å². The molecule has 9 rings (SSSR count). The maximum atomic E-state index is 4.63. The van der Waals surface area contributed by atoms with Crippen molar-refractivity contribution in [3.8, 4) is 0 Å². The van der Waals surface area contributed by atoms with Gasteiger partial charge in [0.05, 0.1) is 5.52 Å². The maximum absolute atomic E-state index is 4.63. The van der Waals surface area contributed by atoms with Crippen molar-refractivity contribution in [2.45, 2.75) is 38.5 Å². The van der Waals surface area contributed by atoms with Crippen LogP contribution in [0.15, 0.2) is 133 Å². The molecule has 244 valence electrons. The Hall–Kier alpha value is -5.13. The monoisotopic (exact) mass is 641 g/mol. The largest absolute Gasteiger partial charge is 0.353 e. The van der Waals surface area contributed by atoms with E-state index >= 15 is 0 Å². The Labute approximate surface area is 289 Å². The first-order valence-electron chi connectivity index (χ1n) is 17.8. The topological polar surface area (TPSA) is 45.2 Å². The van der Waals surface area contributed by atoms with Gasteiger partial charge < -0.3 is 4.90 Å². The van der Waals surface area contributed by atoms with E-state index in [-0.39, 0.29) is 0 Å². The summed E-state index contributed by atoms with van der Waals surface area (Å²) in [5, 5.41) is 4.00. The predicted octanol–water partition coefficient (Wildman–Crippen LogP) is 8.87. The molecule has 1 aliphatic heterocycles. The summed E-state index contributed by atoms with van der Waals surface area (Å²) in [6.07, 6.45) is 15.1. The lowest BCUT2D eigenvalue weighted by Crippen LogP contribution is -2.47. The van der Waals surface area contributed by atoms with Crippen LogP contribution in [0.25, 0.3) is 27.2 Å². The standard InChI is InChI=1S/C32H32N4.C12H11N/c1-2-6-26-24(5-1)11-14-28-27(26)13-12-25-10-9-23(21-30(25)28)15-16-35-17-19-36(20-18-35)32-29-7-3-4-8-31(29)33-22-34-32;1-2-6-11(7-3-1)10-12-8-4-5-9-13-12/h2-4,6-10,12-13,21-22H,1,5,11,14-20H2;1-9H,10H2. The highest BCUT2D eigenvalue weighted by atomic mass is 15.3. The van der Waals surface area contributed by atoms with Crippen molar-refractivity contribution < 1.29 is 0 Å². The van der Waals surface area contributed by atoms with E-state index in [4.69, 9.17) is 0 Å². The molecule has 0 unspecified atom stereocenters. The zero-order valence-corrected chi connectivity index (χ0v) is 28.1. The lowest BCUT2D eigenvalue weighted by molar-refractivity contribution is 0.260. The van der Waals surface area contributed by atoms with Gasteiger partial charge in [0, 0.05) is 56.4 Å². The summed E-state index contributed by atoms with van der Waals surface area (Å²) in [7, 11) is 0. The van der Waals surface area contributed by atoms with Gasteiger partial charge >= 0.3 is 0 Å². The lowest BCUT2D eigenvalue weighted by Gasteiger charge is -2.35. The molecule has 0 saturated carbocycles. The Kier molecular flexibility index (Phi) is 9.25. The Morgan fingerprint density at radius 2 is 1.49 bits per heavy atom. The number of aryl methyl sites for hydroxylation is 1. The third-order valence-electron chi connectivity index (χ3n) is 10.3. The summed E-state index contributed by atoms with van der Waals surface area (Å²) >= 11 is 0. The predicted molar refractivity (Wildman–Crippen MR) is 203 cm³/mol. The molecule has 2 aromatic heterocycles. The molecule has 1 fully saturated rings. The van der Waals surface area contributed by atoms with Crippen LogP contribution in [0.4, 0.5) is 5.82 Å². The number of allylic oxidation sites excluding steroid dienone is 4. The van der Waals surface area contributed by atoms with E-state index < -0.39 is 0 Å². The molecule has 0 spiro atoms. The smallest absolute Gasteiger partial charge is 0.139 e. The second-order valence-electron chi connectivity index (χ2n) is 13.4. The summed E-state index contributed by atoms with van der Waals surface area (Å²) in [5.41, 5.74) is 11.1. The first-order chi connectivity index (χ1) is 24.3. The molecule has 0 atom stereocenters. The summed E-state index contributed by atoms with van der Waals surface area (Å²) in [6.45, 7) is 5.28. The highest BCUT2D eigenvalue weighted by Crippen LogP contribution is 2.40. The fourth-order valence-corrected chi connectivity index (χ4v) is 7.65. The number of pyridine rings is 1. The molecular formula is C44H43N5. The molecule has 3 aliphatic rings. The van der Waals surface area contributed by atoms with Crippen LogP contribution in [0.1, 0.15) is 47.2 Å². The van der Waals surface area contributed by atoms with Gasteiger partial charge in [-0.2, -0.15) is 0 Å². The first-order valence-corrected chi connectivity index (χ1v) is 17.8. The van der Waals surface area contributed by atoms with Crippen molar-refractivity contribution in [2.75, 3.05) is 37.6 Å². The maximum Gasteiger partial charge on any atom is 0.139 e. The number of rotatable bonds is 6. The van der Waals surface area contributed by atoms with Crippen LogP contribution in [0.3, 0.4) is 0 Å². The van der Waals surface area contributed by atoms with Crippen LogP contribution in [0.2, 0.25) is 0 Å². The van der Waals surface area contributed by atoms with E-state index in [0.29, 0.717) is 0 Å². The van der Waals surface area contributed by atoms with E-state index in [1.54, 1.807) is 17.5 Å². The number of para-hydroxylation sites is 1. The van der Waals surface area contributed by atoms with Gasteiger partial charge in [-0.1, -0.05) is 96.6 Å². The molecule has 49 heavy (non-hydrogen) atoms. The van der Waals surface area contributed by atoms with Crippen LogP contribution < -0.4 is 4.90 Å². The number of fused-ring (bicyclic) bond motifs is 5. The number of benzene rings is 4. The number of piperazine rings is 1. The molecular weight excluding hydrogens is 599 g/mol. The zero-order valence-electron chi connectivity index (χ0n) is 28.1. The molecule has 0 bridgehead atoms. The molecule has 2 aliphatic carbocycles.